The molecule has 0 bridgehead atoms. The molecule has 1 atom stereocenters. The smallest absolute Gasteiger partial charge is 0.344 e. The number of ether oxygens (including phenoxy) is 6. The molecular weight excluding hydrogens is 564 g/mol. The highest BCUT2D eigenvalue weighted by molar-refractivity contribution is 7.07. The van der Waals surface area contributed by atoms with Gasteiger partial charge in [0.25, 0.3) is 5.56 Å². The maximum absolute atomic E-state index is 13.9. The zero-order valence-electron chi connectivity index (χ0n) is 24.0. The quantitative estimate of drug-likeness (QED) is 0.229. The van der Waals surface area contributed by atoms with E-state index in [1.165, 1.54) is 37.2 Å². The van der Waals surface area contributed by atoms with Gasteiger partial charge in [-0.25, -0.2) is 14.6 Å². The Morgan fingerprint density at radius 3 is 2.48 bits per heavy atom. The standard InChI is InChI=1S/C30H32N2O9S/c1-6-39-25(33)17-41-22-12-11-19(15-23(22)38-5)16-24-28(34)32-27(20-9-7-8-10-21(20)37-4)26(18(2)31-30(32)42-24)29(35)40-14-13-36-3/h7-12,15-16,27H,6,13-14,17H2,1-5H3. The lowest BCUT2D eigenvalue weighted by Gasteiger charge is -2.26. The fourth-order valence-corrected chi connectivity index (χ4v) is 5.50. The molecule has 4 rings (SSSR count). The number of esters is 2. The second-order valence-corrected chi connectivity index (χ2v) is 9.97. The van der Waals surface area contributed by atoms with Crippen molar-refractivity contribution in [3.05, 3.63) is 84.5 Å². The van der Waals surface area contributed by atoms with Gasteiger partial charge in [0.1, 0.15) is 18.4 Å². The molecule has 12 heteroatoms. The van der Waals surface area contributed by atoms with Crippen LogP contribution in [0.25, 0.3) is 6.08 Å². The highest BCUT2D eigenvalue weighted by Gasteiger charge is 2.35. The van der Waals surface area contributed by atoms with Gasteiger partial charge in [0.05, 0.1) is 43.2 Å². The molecular formula is C30H32N2O9S. The van der Waals surface area contributed by atoms with Gasteiger partial charge >= 0.3 is 11.9 Å². The van der Waals surface area contributed by atoms with Gasteiger partial charge in [0, 0.05) is 12.7 Å². The van der Waals surface area contributed by atoms with Gasteiger partial charge in [-0.15, -0.1) is 0 Å². The molecule has 222 valence electrons. The van der Waals surface area contributed by atoms with Crippen molar-refractivity contribution in [3.8, 4) is 17.2 Å². The predicted octanol–water partition coefficient (Wildman–Crippen LogP) is 2.38. The molecule has 2 aromatic carbocycles. The van der Waals surface area contributed by atoms with Crippen LogP contribution in [0.2, 0.25) is 0 Å². The molecule has 1 aliphatic heterocycles. The molecule has 1 aromatic heterocycles. The summed E-state index contributed by atoms with van der Waals surface area (Å²) < 4.78 is 33.8. The van der Waals surface area contributed by atoms with Crippen LogP contribution in [0, 0.1) is 0 Å². The second kappa shape index (κ2) is 14.0. The molecule has 42 heavy (non-hydrogen) atoms. The van der Waals surface area contributed by atoms with Gasteiger partial charge in [-0.2, -0.15) is 0 Å². The van der Waals surface area contributed by atoms with Gasteiger partial charge in [-0.3, -0.25) is 9.36 Å². The largest absolute Gasteiger partial charge is 0.496 e. The topological polar surface area (TPSA) is 124 Å². The normalized spacial score (nSPS) is 14.6. The Kier molecular flexibility index (Phi) is 10.2. The van der Waals surface area contributed by atoms with E-state index in [2.05, 4.69) is 4.99 Å². The van der Waals surface area contributed by atoms with Gasteiger partial charge < -0.3 is 28.4 Å². The zero-order chi connectivity index (χ0) is 30.2. The summed E-state index contributed by atoms with van der Waals surface area (Å²) in [5.41, 5.74) is 1.60. The highest BCUT2D eigenvalue weighted by atomic mass is 32.1. The van der Waals surface area contributed by atoms with Crippen molar-refractivity contribution in [1.29, 1.82) is 0 Å². The van der Waals surface area contributed by atoms with Crippen molar-refractivity contribution < 1.29 is 38.0 Å². The van der Waals surface area contributed by atoms with Crippen molar-refractivity contribution >= 4 is 29.4 Å². The van der Waals surface area contributed by atoms with E-state index in [9.17, 15) is 14.4 Å². The number of fused-ring (bicyclic) bond motifs is 1. The molecule has 0 amide bonds. The first kappa shape index (κ1) is 30.5. The minimum absolute atomic E-state index is 0.0521. The van der Waals surface area contributed by atoms with E-state index < -0.39 is 18.0 Å². The molecule has 0 N–H and O–H groups in total. The number of rotatable bonds is 12. The number of hydrogen-bond acceptors (Lipinski definition) is 11. The molecule has 11 nitrogen and oxygen atoms in total. The highest BCUT2D eigenvalue weighted by Crippen LogP contribution is 2.35. The summed E-state index contributed by atoms with van der Waals surface area (Å²) in [5.74, 6) is 0.155. The van der Waals surface area contributed by atoms with Crippen LogP contribution >= 0.6 is 11.3 Å². The number of aromatic nitrogens is 1. The number of carbonyl (C=O) groups excluding carboxylic acids is 2. The molecule has 3 aromatic rings. The Hall–Kier alpha value is -4.42. The van der Waals surface area contributed by atoms with Gasteiger partial charge in [0.2, 0.25) is 0 Å². The first-order chi connectivity index (χ1) is 20.3. The second-order valence-electron chi connectivity index (χ2n) is 8.96. The lowest BCUT2D eigenvalue weighted by Crippen LogP contribution is -2.40. The number of nitrogens with zero attached hydrogens (tertiary/aromatic N) is 2. The predicted molar refractivity (Wildman–Crippen MR) is 155 cm³/mol. The molecule has 2 heterocycles. The third kappa shape index (κ3) is 6.55. The fourth-order valence-electron chi connectivity index (χ4n) is 4.45. The van der Waals surface area contributed by atoms with E-state index in [-0.39, 0.29) is 37.6 Å². The van der Waals surface area contributed by atoms with E-state index in [0.29, 0.717) is 43.4 Å². The summed E-state index contributed by atoms with van der Waals surface area (Å²) in [5, 5.41) is 0. The van der Waals surface area contributed by atoms with Crippen molar-refractivity contribution in [2.24, 2.45) is 4.99 Å². The number of para-hydroxylation sites is 1. The van der Waals surface area contributed by atoms with Crippen LogP contribution in [0.4, 0.5) is 0 Å². The third-order valence-corrected chi connectivity index (χ3v) is 7.31. The number of thiazole rings is 1. The Morgan fingerprint density at radius 1 is 1.00 bits per heavy atom. The first-order valence-corrected chi connectivity index (χ1v) is 13.9. The van der Waals surface area contributed by atoms with E-state index in [1.54, 1.807) is 44.2 Å². The van der Waals surface area contributed by atoms with E-state index >= 15 is 0 Å². The Labute approximate surface area is 246 Å². The summed E-state index contributed by atoms with van der Waals surface area (Å²) in [6, 6.07) is 11.5. The summed E-state index contributed by atoms with van der Waals surface area (Å²) >= 11 is 1.19. The fraction of sp³-hybridized carbons (Fsp3) is 0.333. The zero-order valence-corrected chi connectivity index (χ0v) is 24.8. The van der Waals surface area contributed by atoms with Crippen molar-refractivity contribution in [2.75, 3.05) is 47.8 Å². The van der Waals surface area contributed by atoms with Crippen molar-refractivity contribution in [3.63, 3.8) is 0 Å². The number of benzene rings is 2. The molecule has 0 fully saturated rings. The third-order valence-electron chi connectivity index (χ3n) is 6.33. The Morgan fingerprint density at radius 2 is 1.76 bits per heavy atom. The van der Waals surface area contributed by atoms with Crippen LogP contribution in [-0.4, -0.2) is 64.3 Å². The monoisotopic (exact) mass is 596 g/mol. The summed E-state index contributed by atoms with van der Waals surface area (Å²) in [7, 11) is 4.53. The summed E-state index contributed by atoms with van der Waals surface area (Å²) in [4.78, 5) is 44.0. The summed E-state index contributed by atoms with van der Waals surface area (Å²) in [6.07, 6.45) is 1.71. The van der Waals surface area contributed by atoms with Gasteiger partial charge in [-0.05, 0) is 43.7 Å². The molecule has 0 saturated carbocycles. The van der Waals surface area contributed by atoms with Crippen LogP contribution in [0.3, 0.4) is 0 Å². The lowest BCUT2D eigenvalue weighted by atomic mass is 9.95. The average molecular weight is 597 g/mol. The lowest BCUT2D eigenvalue weighted by molar-refractivity contribution is -0.145. The summed E-state index contributed by atoms with van der Waals surface area (Å²) in [6.45, 7) is 3.70. The number of methoxy groups -OCH3 is 3. The minimum atomic E-state index is -0.831. The van der Waals surface area contributed by atoms with Crippen LogP contribution in [0.5, 0.6) is 17.2 Å². The minimum Gasteiger partial charge on any atom is -0.496 e. The molecule has 0 saturated heterocycles. The van der Waals surface area contributed by atoms with Gasteiger partial charge in [0.15, 0.2) is 22.9 Å². The van der Waals surface area contributed by atoms with Crippen LogP contribution in [-0.2, 0) is 23.8 Å². The number of allylic oxidation sites excluding steroid dienone is 1. The van der Waals surface area contributed by atoms with Crippen molar-refractivity contribution in [2.45, 2.75) is 19.9 Å². The maximum Gasteiger partial charge on any atom is 0.344 e. The van der Waals surface area contributed by atoms with Gasteiger partial charge in [-0.1, -0.05) is 35.6 Å². The van der Waals surface area contributed by atoms with Crippen molar-refractivity contribution in [1.82, 2.24) is 4.57 Å². The number of hydrogen-bond donors (Lipinski definition) is 0. The van der Waals surface area contributed by atoms with Crippen LogP contribution in [0.15, 0.2) is 63.5 Å². The Balaban J connectivity index is 1.79. The Bertz CT molecular complexity index is 1670. The molecule has 1 unspecified atom stereocenters. The van der Waals surface area contributed by atoms with E-state index in [0.717, 1.165) is 0 Å². The molecule has 0 spiro atoms. The van der Waals surface area contributed by atoms with Crippen LogP contribution < -0.4 is 29.1 Å². The van der Waals surface area contributed by atoms with E-state index in [4.69, 9.17) is 28.4 Å². The maximum atomic E-state index is 13.9. The first-order valence-electron chi connectivity index (χ1n) is 13.1. The van der Waals surface area contributed by atoms with E-state index in [1.807, 2.05) is 18.2 Å². The molecule has 0 aliphatic carbocycles. The SMILES string of the molecule is CCOC(=O)COc1ccc(C=c2sc3n(c2=O)C(c2ccccc2OC)C(C(=O)OCCOC)=C(C)N=3)cc1OC. The van der Waals surface area contributed by atoms with Crippen LogP contribution in [0.1, 0.15) is 31.0 Å². The number of carbonyl (C=O) groups is 2. The average Bonchev–Trinajstić information content (AvgIpc) is 3.29. The molecule has 0 radical (unpaired) electrons. The molecule has 1 aliphatic rings.